The van der Waals surface area contributed by atoms with E-state index in [0.29, 0.717) is 12.2 Å². The van der Waals surface area contributed by atoms with E-state index in [1.807, 2.05) is 0 Å². The first-order chi connectivity index (χ1) is 8.08. The van der Waals surface area contributed by atoms with Crippen molar-refractivity contribution in [3.8, 4) is 5.75 Å². The van der Waals surface area contributed by atoms with Gasteiger partial charge in [-0.2, -0.15) is 0 Å². The summed E-state index contributed by atoms with van der Waals surface area (Å²) in [6.07, 6.45) is 0.129. The van der Waals surface area contributed by atoms with Crippen LogP contribution in [-0.4, -0.2) is 19.6 Å². The summed E-state index contributed by atoms with van der Waals surface area (Å²) in [7, 11) is 1.54. The van der Waals surface area contributed by atoms with Gasteiger partial charge in [-0.25, -0.2) is 4.39 Å². The molecule has 1 amide bonds. The molecule has 0 aliphatic carbocycles. The van der Waals surface area contributed by atoms with Crippen molar-refractivity contribution < 1.29 is 13.9 Å². The fourth-order valence-electron chi connectivity index (χ4n) is 1.44. The van der Waals surface area contributed by atoms with Crippen LogP contribution in [0.4, 0.5) is 4.39 Å². The highest BCUT2D eigenvalue weighted by atomic mass is 19.1. The van der Waals surface area contributed by atoms with Crippen molar-refractivity contribution in [1.29, 1.82) is 0 Å². The predicted octanol–water partition coefficient (Wildman–Crippen LogP) is 1.36. The van der Waals surface area contributed by atoms with Gasteiger partial charge in [0.2, 0.25) is 5.91 Å². The van der Waals surface area contributed by atoms with Gasteiger partial charge in [-0.1, -0.05) is 6.07 Å². The fraction of sp³-hybridized carbons (Fsp3) is 0.417. The molecule has 0 aliphatic rings. The lowest BCUT2D eigenvalue weighted by molar-refractivity contribution is -0.120. The van der Waals surface area contributed by atoms with E-state index in [0.717, 1.165) is 0 Å². The average Bonchev–Trinajstić information content (AvgIpc) is 2.31. The van der Waals surface area contributed by atoms with Crippen LogP contribution in [0.5, 0.6) is 5.75 Å². The van der Waals surface area contributed by atoms with E-state index >= 15 is 0 Å². The number of nitrogens with two attached hydrogens (primary N) is 1. The zero-order valence-corrected chi connectivity index (χ0v) is 10.00. The van der Waals surface area contributed by atoms with E-state index in [1.54, 1.807) is 13.0 Å². The molecule has 94 valence electrons. The molecule has 17 heavy (non-hydrogen) atoms. The Kier molecular flexibility index (Phi) is 4.90. The molecule has 1 atom stereocenters. The van der Waals surface area contributed by atoms with E-state index in [2.05, 4.69) is 5.32 Å². The highest BCUT2D eigenvalue weighted by molar-refractivity contribution is 5.76. The van der Waals surface area contributed by atoms with Gasteiger partial charge in [-0.3, -0.25) is 4.79 Å². The summed E-state index contributed by atoms with van der Waals surface area (Å²) in [6, 6.07) is 3.98. The highest BCUT2D eigenvalue weighted by Gasteiger charge is 2.13. The van der Waals surface area contributed by atoms with Crippen LogP contribution in [0.2, 0.25) is 0 Å². The minimum absolute atomic E-state index is 0.129. The zero-order chi connectivity index (χ0) is 12.8. The van der Waals surface area contributed by atoms with Gasteiger partial charge in [0.25, 0.3) is 0 Å². The number of nitrogens with one attached hydrogen (secondary N) is 1. The lowest BCUT2D eigenvalue weighted by atomic mass is 10.0. The summed E-state index contributed by atoms with van der Waals surface area (Å²) in [5.41, 5.74) is 6.37. The molecule has 5 heteroatoms. The maximum absolute atomic E-state index is 13.5. The smallest absolute Gasteiger partial charge is 0.221 e. The fourth-order valence-corrected chi connectivity index (χ4v) is 1.44. The Morgan fingerprint density at radius 3 is 2.82 bits per heavy atom. The van der Waals surface area contributed by atoms with Crippen LogP contribution in [-0.2, 0) is 4.79 Å². The van der Waals surface area contributed by atoms with Crippen LogP contribution in [0.3, 0.4) is 0 Å². The van der Waals surface area contributed by atoms with Gasteiger partial charge in [-0.05, 0) is 24.6 Å². The Bertz CT molecular complexity index is 396. The number of benzene rings is 1. The van der Waals surface area contributed by atoms with Gasteiger partial charge < -0.3 is 15.8 Å². The van der Waals surface area contributed by atoms with Crippen molar-refractivity contribution in [2.75, 3.05) is 13.7 Å². The largest absolute Gasteiger partial charge is 0.491 e. The van der Waals surface area contributed by atoms with Crippen LogP contribution in [0.25, 0.3) is 0 Å². The SMILES string of the molecule is CCOc1ccc(C(N)CC(=O)NC)cc1F. The summed E-state index contributed by atoms with van der Waals surface area (Å²) in [6.45, 7) is 2.19. The quantitative estimate of drug-likeness (QED) is 0.816. The minimum atomic E-state index is -0.514. The number of amides is 1. The minimum Gasteiger partial charge on any atom is -0.491 e. The second-order valence-corrected chi connectivity index (χ2v) is 3.61. The first-order valence-electron chi connectivity index (χ1n) is 5.46. The Morgan fingerprint density at radius 2 is 2.29 bits per heavy atom. The molecule has 3 N–H and O–H groups in total. The zero-order valence-electron chi connectivity index (χ0n) is 10.00. The topological polar surface area (TPSA) is 64.3 Å². The monoisotopic (exact) mass is 240 g/mol. The van der Waals surface area contributed by atoms with Crippen molar-refractivity contribution in [3.63, 3.8) is 0 Å². The van der Waals surface area contributed by atoms with E-state index < -0.39 is 11.9 Å². The Hall–Kier alpha value is -1.62. The summed E-state index contributed by atoms with van der Waals surface area (Å²) < 4.78 is 18.6. The van der Waals surface area contributed by atoms with Crippen LogP contribution < -0.4 is 15.8 Å². The lowest BCUT2D eigenvalue weighted by Gasteiger charge is -2.12. The third kappa shape index (κ3) is 3.71. The molecule has 0 saturated heterocycles. The molecule has 1 aromatic rings. The molecule has 0 radical (unpaired) electrons. The maximum Gasteiger partial charge on any atom is 0.221 e. The third-order valence-corrected chi connectivity index (χ3v) is 2.37. The molecule has 1 aromatic carbocycles. The van der Waals surface area contributed by atoms with Crippen molar-refractivity contribution in [1.82, 2.24) is 5.32 Å². The average molecular weight is 240 g/mol. The highest BCUT2D eigenvalue weighted by Crippen LogP contribution is 2.22. The van der Waals surface area contributed by atoms with E-state index in [4.69, 9.17) is 10.5 Å². The second kappa shape index (κ2) is 6.20. The molecule has 0 bridgehead atoms. The van der Waals surface area contributed by atoms with Crippen molar-refractivity contribution in [3.05, 3.63) is 29.6 Å². The van der Waals surface area contributed by atoms with Gasteiger partial charge in [0.15, 0.2) is 11.6 Å². The number of carbonyl (C=O) groups excluding carboxylic acids is 1. The van der Waals surface area contributed by atoms with Gasteiger partial charge in [0.1, 0.15) is 0 Å². The van der Waals surface area contributed by atoms with Gasteiger partial charge >= 0.3 is 0 Å². The lowest BCUT2D eigenvalue weighted by Crippen LogP contribution is -2.24. The molecular formula is C12H17FN2O2. The Morgan fingerprint density at radius 1 is 1.59 bits per heavy atom. The normalized spacial score (nSPS) is 12.0. The Balaban J connectivity index is 2.78. The van der Waals surface area contributed by atoms with Gasteiger partial charge in [0, 0.05) is 19.5 Å². The molecule has 0 fully saturated rings. The molecular weight excluding hydrogens is 223 g/mol. The molecule has 0 heterocycles. The Labute approximate surface area is 100.0 Å². The van der Waals surface area contributed by atoms with Crippen molar-refractivity contribution in [2.24, 2.45) is 5.73 Å². The van der Waals surface area contributed by atoms with Crippen LogP contribution in [0, 0.1) is 5.82 Å². The number of carbonyl (C=O) groups is 1. The number of ether oxygens (including phenoxy) is 1. The summed E-state index contributed by atoms with van der Waals surface area (Å²) in [5, 5.41) is 2.47. The van der Waals surface area contributed by atoms with Crippen LogP contribution in [0.15, 0.2) is 18.2 Å². The molecule has 0 saturated carbocycles. The summed E-state index contributed by atoms with van der Waals surface area (Å²) >= 11 is 0. The molecule has 1 rings (SSSR count). The summed E-state index contributed by atoms with van der Waals surface area (Å²) in [4.78, 5) is 11.1. The van der Waals surface area contributed by atoms with Gasteiger partial charge in [0.05, 0.1) is 6.61 Å². The third-order valence-electron chi connectivity index (χ3n) is 2.37. The van der Waals surface area contributed by atoms with Crippen molar-refractivity contribution in [2.45, 2.75) is 19.4 Å². The number of halogens is 1. The number of hydrogen-bond donors (Lipinski definition) is 2. The van der Waals surface area contributed by atoms with Crippen molar-refractivity contribution >= 4 is 5.91 Å². The van der Waals surface area contributed by atoms with Crippen LogP contribution in [0.1, 0.15) is 24.9 Å². The van der Waals surface area contributed by atoms with E-state index in [-0.39, 0.29) is 18.1 Å². The van der Waals surface area contributed by atoms with Crippen LogP contribution >= 0.6 is 0 Å². The van der Waals surface area contributed by atoms with E-state index in [1.165, 1.54) is 19.2 Å². The summed E-state index contributed by atoms with van der Waals surface area (Å²) in [5.74, 6) is -0.438. The number of rotatable bonds is 5. The molecule has 4 nitrogen and oxygen atoms in total. The standard InChI is InChI=1S/C12H17FN2O2/c1-3-17-11-5-4-8(6-9(11)13)10(14)7-12(16)15-2/h4-6,10H,3,7,14H2,1-2H3,(H,15,16). The first kappa shape index (κ1) is 13.4. The molecule has 0 spiro atoms. The second-order valence-electron chi connectivity index (χ2n) is 3.61. The maximum atomic E-state index is 13.5. The predicted molar refractivity (Wildman–Crippen MR) is 63.2 cm³/mol. The number of hydrogen-bond acceptors (Lipinski definition) is 3. The molecule has 0 aromatic heterocycles. The first-order valence-corrected chi connectivity index (χ1v) is 5.46. The molecule has 0 aliphatic heterocycles. The molecule has 1 unspecified atom stereocenters. The van der Waals surface area contributed by atoms with E-state index in [9.17, 15) is 9.18 Å². The van der Waals surface area contributed by atoms with Gasteiger partial charge in [-0.15, -0.1) is 0 Å².